The highest BCUT2D eigenvalue weighted by Crippen LogP contribution is 2.32. The molecule has 1 aliphatic rings. The van der Waals surface area contributed by atoms with Gasteiger partial charge in [-0.25, -0.2) is 0 Å². The number of rotatable bonds is 6. The van der Waals surface area contributed by atoms with Gasteiger partial charge in [-0.05, 0) is 32.1 Å². The highest BCUT2D eigenvalue weighted by atomic mass is 16.1. The summed E-state index contributed by atoms with van der Waals surface area (Å²) in [6, 6.07) is 0.378. The summed E-state index contributed by atoms with van der Waals surface area (Å²) < 4.78 is 0. The number of carbonyl (C=O) groups is 1. The Balaban J connectivity index is 2.13. The van der Waals surface area contributed by atoms with E-state index in [0.717, 1.165) is 12.8 Å². The Kier molecular flexibility index (Phi) is 4.39. The quantitative estimate of drug-likeness (QED) is 0.678. The number of hydrogen-bond acceptors (Lipinski definition) is 2. The molecule has 3 nitrogen and oxygen atoms in total. The van der Waals surface area contributed by atoms with E-state index in [1.807, 2.05) is 6.92 Å². The minimum Gasteiger partial charge on any atom is -0.354 e. The third-order valence-corrected chi connectivity index (χ3v) is 2.78. The van der Waals surface area contributed by atoms with Crippen LogP contribution in [-0.2, 0) is 4.79 Å². The van der Waals surface area contributed by atoms with Gasteiger partial charge in [0.1, 0.15) is 0 Å². The zero-order valence-corrected chi connectivity index (χ0v) is 9.25. The average Bonchev–Trinajstić information content (AvgIpc) is 2.85. The van der Waals surface area contributed by atoms with Gasteiger partial charge in [0.05, 0.1) is 0 Å². The molecule has 2 unspecified atom stereocenters. The number of amides is 1. The molecular formula is C11H22N2O. The highest BCUT2D eigenvalue weighted by Gasteiger charge is 2.29. The second kappa shape index (κ2) is 5.35. The van der Waals surface area contributed by atoms with E-state index < -0.39 is 0 Å². The molecule has 0 aromatic heterocycles. The van der Waals surface area contributed by atoms with E-state index in [9.17, 15) is 4.79 Å². The van der Waals surface area contributed by atoms with E-state index in [-0.39, 0.29) is 11.9 Å². The monoisotopic (exact) mass is 198 g/mol. The van der Waals surface area contributed by atoms with Gasteiger partial charge >= 0.3 is 0 Å². The van der Waals surface area contributed by atoms with E-state index >= 15 is 0 Å². The van der Waals surface area contributed by atoms with Crippen LogP contribution in [0.1, 0.15) is 46.0 Å². The van der Waals surface area contributed by atoms with Crippen LogP contribution < -0.4 is 11.1 Å². The minimum atomic E-state index is 0.0869. The fraction of sp³-hybridized carbons (Fsp3) is 0.909. The molecule has 14 heavy (non-hydrogen) atoms. The van der Waals surface area contributed by atoms with Gasteiger partial charge in [-0.3, -0.25) is 4.79 Å². The first kappa shape index (κ1) is 11.5. The van der Waals surface area contributed by atoms with Gasteiger partial charge in [0.25, 0.3) is 0 Å². The molecule has 0 bridgehead atoms. The Morgan fingerprint density at radius 2 is 2.21 bits per heavy atom. The van der Waals surface area contributed by atoms with Crippen molar-refractivity contribution in [3.05, 3.63) is 0 Å². The summed E-state index contributed by atoms with van der Waals surface area (Å²) in [5.74, 6) is 0.729. The minimum absolute atomic E-state index is 0.0869. The first-order valence-corrected chi connectivity index (χ1v) is 5.68. The standard InChI is InChI=1S/C11H22N2O/c1-3-4-8(2)13-11(14)7-10(12)9-5-6-9/h8-10H,3-7,12H2,1-2H3,(H,13,14). The van der Waals surface area contributed by atoms with Crippen molar-refractivity contribution in [1.82, 2.24) is 5.32 Å². The molecule has 2 atom stereocenters. The molecule has 1 saturated carbocycles. The molecule has 1 aliphatic carbocycles. The van der Waals surface area contributed by atoms with Crippen LogP contribution in [0.3, 0.4) is 0 Å². The highest BCUT2D eigenvalue weighted by molar-refractivity contribution is 5.76. The van der Waals surface area contributed by atoms with Crippen molar-refractivity contribution in [3.63, 3.8) is 0 Å². The molecule has 3 heteroatoms. The van der Waals surface area contributed by atoms with Crippen molar-refractivity contribution in [2.75, 3.05) is 0 Å². The first-order chi connectivity index (χ1) is 6.63. The summed E-state index contributed by atoms with van der Waals surface area (Å²) in [6.07, 6.45) is 5.07. The van der Waals surface area contributed by atoms with Gasteiger partial charge in [0.15, 0.2) is 0 Å². The lowest BCUT2D eigenvalue weighted by Gasteiger charge is -2.15. The molecule has 0 saturated heterocycles. The summed E-state index contributed by atoms with van der Waals surface area (Å²) >= 11 is 0. The molecule has 1 amide bonds. The normalized spacial score (nSPS) is 20.2. The van der Waals surface area contributed by atoms with Gasteiger partial charge in [0.2, 0.25) is 5.91 Å². The zero-order valence-electron chi connectivity index (χ0n) is 9.25. The third kappa shape index (κ3) is 4.09. The zero-order chi connectivity index (χ0) is 10.6. The largest absolute Gasteiger partial charge is 0.354 e. The van der Waals surface area contributed by atoms with Crippen LogP contribution in [0.5, 0.6) is 0 Å². The second-order valence-corrected chi connectivity index (χ2v) is 4.46. The average molecular weight is 198 g/mol. The van der Waals surface area contributed by atoms with Crippen LogP contribution in [-0.4, -0.2) is 18.0 Å². The number of nitrogens with two attached hydrogens (primary N) is 1. The fourth-order valence-electron chi connectivity index (χ4n) is 1.74. The third-order valence-electron chi connectivity index (χ3n) is 2.78. The Morgan fingerprint density at radius 1 is 1.57 bits per heavy atom. The molecule has 0 aromatic carbocycles. The smallest absolute Gasteiger partial charge is 0.221 e. The topological polar surface area (TPSA) is 55.1 Å². The maximum absolute atomic E-state index is 11.5. The lowest BCUT2D eigenvalue weighted by atomic mass is 10.1. The van der Waals surface area contributed by atoms with Crippen molar-refractivity contribution < 1.29 is 4.79 Å². The summed E-state index contributed by atoms with van der Waals surface area (Å²) in [7, 11) is 0. The Labute approximate surface area is 86.4 Å². The molecule has 0 aliphatic heterocycles. The van der Waals surface area contributed by atoms with Gasteiger partial charge in [-0.2, -0.15) is 0 Å². The Hall–Kier alpha value is -0.570. The molecule has 82 valence electrons. The maximum Gasteiger partial charge on any atom is 0.221 e. The lowest BCUT2D eigenvalue weighted by molar-refractivity contribution is -0.122. The molecule has 0 aromatic rings. The molecular weight excluding hydrogens is 176 g/mol. The SMILES string of the molecule is CCCC(C)NC(=O)CC(N)C1CC1. The van der Waals surface area contributed by atoms with E-state index in [4.69, 9.17) is 5.73 Å². The van der Waals surface area contributed by atoms with E-state index in [0.29, 0.717) is 18.4 Å². The molecule has 1 fully saturated rings. The van der Waals surface area contributed by atoms with Crippen LogP contribution in [0.4, 0.5) is 0 Å². The number of nitrogens with one attached hydrogen (secondary N) is 1. The van der Waals surface area contributed by atoms with Crippen LogP contribution in [0.15, 0.2) is 0 Å². The van der Waals surface area contributed by atoms with E-state index in [2.05, 4.69) is 12.2 Å². The molecule has 0 radical (unpaired) electrons. The number of hydrogen-bond donors (Lipinski definition) is 2. The first-order valence-electron chi connectivity index (χ1n) is 5.68. The predicted octanol–water partition coefficient (Wildman–Crippen LogP) is 1.42. The second-order valence-electron chi connectivity index (χ2n) is 4.46. The lowest BCUT2D eigenvalue weighted by Crippen LogP contribution is -2.37. The summed E-state index contributed by atoms with van der Waals surface area (Å²) in [5.41, 5.74) is 5.87. The Morgan fingerprint density at radius 3 is 2.71 bits per heavy atom. The van der Waals surface area contributed by atoms with Crippen molar-refractivity contribution in [3.8, 4) is 0 Å². The molecule has 0 spiro atoms. The van der Waals surface area contributed by atoms with Crippen molar-refractivity contribution >= 4 is 5.91 Å². The number of carbonyl (C=O) groups excluding carboxylic acids is 1. The van der Waals surface area contributed by atoms with Crippen molar-refractivity contribution in [2.45, 2.75) is 58.0 Å². The van der Waals surface area contributed by atoms with Gasteiger partial charge in [-0.1, -0.05) is 13.3 Å². The molecule has 1 rings (SSSR count). The fourth-order valence-corrected chi connectivity index (χ4v) is 1.74. The maximum atomic E-state index is 11.5. The van der Waals surface area contributed by atoms with Crippen LogP contribution in [0.25, 0.3) is 0 Å². The van der Waals surface area contributed by atoms with Crippen molar-refractivity contribution in [1.29, 1.82) is 0 Å². The van der Waals surface area contributed by atoms with Crippen LogP contribution >= 0.6 is 0 Å². The predicted molar refractivity (Wildman–Crippen MR) is 57.8 cm³/mol. The van der Waals surface area contributed by atoms with Crippen LogP contribution in [0.2, 0.25) is 0 Å². The van der Waals surface area contributed by atoms with Gasteiger partial charge < -0.3 is 11.1 Å². The summed E-state index contributed by atoms with van der Waals surface area (Å²) in [4.78, 5) is 11.5. The Bertz CT molecular complexity index is 190. The summed E-state index contributed by atoms with van der Waals surface area (Å²) in [5, 5.41) is 2.98. The molecule has 3 N–H and O–H groups in total. The van der Waals surface area contributed by atoms with E-state index in [1.54, 1.807) is 0 Å². The van der Waals surface area contributed by atoms with Crippen molar-refractivity contribution in [2.24, 2.45) is 11.7 Å². The molecule has 0 heterocycles. The summed E-state index contributed by atoms with van der Waals surface area (Å²) in [6.45, 7) is 4.17. The van der Waals surface area contributed by atoms with Gasteiger partial charge in [-0.15, -0.1) is 0 Å². The van der Waals surface area contributed by atoms with Gasteiger partial charge in [0, 0.05) is 18.5 Å². The van der Waals surface area contributed by atoms with E-state index in [1.165, 1.54) is 12.8 Å². The van der Waals surface area contributed by atoms with Crippen LogP contribution in [0, 0.1) is 5.92 Å².